The van der Waals surface area contributed by atoms with Gasteiger partial charge in [-0.15, -0.1) is 0 Å². The Labute approximate surface area is 154 Å². The molecule has 1 aromatic carbocycles. The summed E-state index contributed by atoms with van der Waals surface area (Å²) >= 11 is 0. The lowest BCUT2D eigenvalue weighted by Crippen LogP contribution is -2.57. The fourth-order valence-electron chi connectivity index (χ4n) is 3.60. The molecule has 6 nitrogen and oxygen atoms in total. The van der Waals surface area contributed by atoms with Crippen LogP contribution in [0.4, 0.5) is 0 Å². The standard InChI is InChI=1S/C20H26N6/c1-20(2)14-26(10-9-25-20)19-5-6-21-13-18(19)24-12-15-3-4-16-17(11-15)23-8-7-22-16/h3-5,7-8,11,13,21,24-25H,6,9-10,12,14H2,1-2H3. The number of piperazine rings is 1. The van der Waals surface area contributed by atoms with Crippen molar-refractivity contribution >= 4 is 11.0 Å². The quantitative estimate of drug-likeness (QED) is 0.781. The molecule has 2 aliphatic rings. The van der Waals surface area contributed by atoms with Gasteiger partial charge in [-0.1, -0.05) is 6.07 Å². The van der Waals surface area contributed by atoms with E-state index in [1.807, 2.05) is 6.07 Å². The van der Waals surface area contributed by atoms with Crippen LogP contribution in [0, 0.1) is 0 Å². The van der Waals surface area contributed by atoms with Crippen LogP contribution in [-0.2, 0) is 6.54 Å². The highest BCUT2D eigenvalue weighted by atomic mass is 15.2. The summed E-state index contributed by atoms with van der Waals surface area (Å²) in [4.78, 5) is 11.2. The molecule has 2 aromatic rings. The monoisotopic (exact) mass is 350 g/mol. The van der Waals surface area contributed by atoms with E-state index in [2.05, 4.69) is 69.1 Å². The van der Waals surface area contributed by atoms with Gasteiger partial charge in [0.1, 0.15) is 0 Å². The smallest absolute Gasteiger partial charge is 0.0890 e. The van der Waals surface area contributed by atoms with Gasteiger partial charge in [0.25, 0.3) is 0 Å². The van der Waals surface area contributed by atoms with Gasteiger partial charge in [0.15, 0.2) is 0 Å². The molecule has 0 saturated carbocycles. The van der Waals surface area contributed by atoms with Crippen LogP contribution in [0.3, 0.4) is 0 Å². The number of dihydropyridines is 1. The average molecular weight is 350 g/mol. The molecule has 3 heterocycles. The highest BCUT2D eigenvalue weighted by Gasteiger charge is 2.28. The second kappa shape index (κ2) is 6.96. The van der Waals surface area contributed by atoms with Crippen molar-refractivity contribution in [1.29, 1.82) is 0 Å². The largest absolute Gasteiger partial charge is 0.386 e. The van der Waals surface area contributed by atoms with Crippen molar-refractivity contribution in [2.75, 3.05) is 26.2 Å². The third-order valence-corrected chi connectivity index (χ3v) is 4.86. The molecule has 0 aliphatic carbocycles. The lowest BCUT2D eigenvalue weighted by atomic mass is 10.0. The van der Waals surface area contributed by atoms with Gasteiger partial charge in [-0.3, -0.25) is 9.97 Å². The Balaban J connectivity index is 1.47. The first-order valence-electron chi connectivity index (χ1n) is 9.18. The van der Waals surface area contributed by atoms with E-state index in [0.29, 0.717) is 0 Å². The molecule has 136 valence electrons. The van der Waals surface area contributed by atoms with Crippen LogP contribution in [0.25, 0.3) is 11.0 Å². The number of fused-ring (bicyclic) bond motifs is 1. The van der Waals surface area contributed by atoms with Crippen LogP contribution in [0.2, 0.25) is 0 Å². The van der Waals surface area contributed by atoms with E-state index in [4.69, 9.17) is 0 Å². The Hall–Kier alpha value is -2.60. The fraction of sp³-hybridized carbons (Fsp3) is 0.400. The fourth-order valence-corrected chi connectivity index (χ4v) is 3.60. The summed E-state index contributed by atoms with van der Waals surface area (Å²) in [6.45, 7) is 9.18. The SMILES string of the molecule is CC1(C)CN(C2=CCNC=C2NCc2ccc3nccnc3c2)CCN1. The number of benzene rings is 1. The normalized spacial score (nSPS) is 19.5. The van der Waals surface area contributed by atoms with E-state index in [1.165, 1.54) is 11.3 Å². The van der Waals surface area contributed by atoms with Crippen LogP contribution < -0.4 is 16.0 Å². The molecule has 0 radical (unpaired) electrons. The summed E-state index contributed by atoms with van der Waals surface area (Å²) in [6, 6.07) is 6.24. The van der Waals surface area contributed by atoms with Gasteiger partial charge in [0, 0.05) is 56.9 Å². The molecule has 2 aliphatic heterocycles. The predicted octanol–water partition coefficient (Wildman–Crippen LogP) is 1.73. The van der Waals surface area contributed by atoms with Crippen molar-refractivity contribution < 1.29 is 0 Å². The Kier molecular flexibility index (Phi) is 4.51. The van der Waals surface area contributed by atoms with Crippen molar-refractivity contribution in [2.45, 2.75) is 25.9 Å². The van der Waals surface area contributed by atoms with E-state index in [9.17, 15) is 0 Å². The van der Waals surface area contributed by atoms with Gasteiger partial charge < -0.3 is 20.9 Å². The summed E-state index contributed by atoms with van der Waals surface area (Å²) in [5.41, 5.74) is 5.63. The Bertz CT molecular complexity index is 854. The molecule has 1 saturated heterocycles. The van der Waals surface area contributed by atoms with Crippen molar-refractivity contribution in [3.63, 3.8) is 0 Å². The first kappa shape index (κ1) is 16.8. The summed E-state index contributed by atoms with van der Waals surface area (Å²) in [7, 11) is 0. The second-order valence-corrected chi connectivity index (χ2v) is 7.52. The van der Waals surface area contributed by atoms with E-state index in [0.717, 1.165) is 49.5 Å². The van der Waals surface area contributed by atoms with Crippen molar-refractivity contribution in [3.05, 3.63) is 59.8 Å². The highest BCUT2D eigenvalue weighted by molar-refractivity contribution is 5.74. The first-order valence-corrected chi connectivity index (χ1v) is 9.18. The van der Waals surface area contributed by atoms with Crippen LogP contribution in [0.1, 0.15) is 19.4 Å². The minimum absolute atomic E-state index is 0.131. The maximum Gasteiger partial charge on any atom is 0.0890 e. The molecule has 4 rings (SSSR count). The third kappa shape index (κ3) is 3.65. The zero-order valence-corrected chi connectivity index (χ0v) is 15.4. The highest BCUT2D eigenvalue weighted by Crippen LogP contribution is 2.21. The molecule has 1 fully saturated rings. The summed E-state index contributed by atoms with van der Waals surface area (Å²) in [5.74, 6) is 0. The molecule has 0 amide bonds. The maximum atomic E-state index is 4.40. The van der Waals surface area contributed by atoms with Crippen molar-refractivity contribution in [2.24, 2.45) is 0 Å². The molecule has 0 spiro atoms. The minimum Gasteiger partial charge on any atom is -0.386 e. The van der Waals surface area contributed by atoms with Crippen LogP contribution in [0.5, 0.6) is 0 Å². The summed E-state index contributed by atoms with van der Waals surface area (Å²) in [5, 5.41) is 10.5. The second-order valence-electron chi connectivity index (χ2n) is 7.52. The van der Waals surface area contributed by atoms with Gasteiger partial charge in [-0.05, 0) is 37.6 Å². The molecule has 0 unspecified atom stereocenters. The third-order valence-electron chi connectivity index (χ3n) is 4.86. The molecule has 26 heavy (non-hydrogen) atoms. The van der Waals surface area contributed by atoms with Gasteiger partial charge in [0.2, 0.25) is 0 Å². The van der Waals surface area contributed by atoms with E-state index in [-0.39, 0.29) is 5.54 Å². The summed E-state index contributed by atoms with van der Waals surface area (Å²) < 4.78 is 0. The summed E-state index contributed by atoms with van der Waals surface area (Å²) in [6.07, 6.45) is 7.83. The van der Waals surface area contributed by atoms with Crippen LogP contribution >= 0.6 is 0 Å². The Morgan fingerprint density at radius 1 is 1.19 bits per heavy atom. The molecule has 0 bridgehead atoms. The molecule has 6 heteroatoms. The van der Waals surface area contributed by atoms with Gasteiger partial charge in [-0.25, -0.2) is 0 Å². The maximum absolute atomic E-state index is 4.40. The van der Waals surface area contributed by atoms with E-state index in [1.54, 1.807) is 12.4 Å². The lowest BCUT2D eigenvalue weighted by molar-refractivity contribution is 0.191. The minimum atomic E-state index is 0.131. The average Bonchev–Trinajstić information content (AvgIpc) is 2.65. The lowest BCUT2D eigenvalue weighted by Gasteiger charge is -2.42. The molecular weight excluding hydrogens is 324 g/mol. The molecule has 3 N–H and O–H groups in total. The topological polar surface area (TPSA) is 65.1 Å². The van der Waals surface area contributed by atoms with Gasteiger partial charge >= 0.3 is 0 Å². The Morgan fingerprint density at radius 3 is 2.88 bits per heavy atom. The first-order chi connectivity index (χ1) is 12.6. The number of nitrogens with zero attached hydrogens (tertiary/aromatic N) is 3. The number of nitrogens with one attached hydrogen (secondary N) is 3. The molecule has 1 aromatic heterocycles. The zero-order valence-electron chi connectivity index (χ0n) is 15.4. The number of rotatable bonds is 4. The Morgan fingerprint density at radius 2 is 2.04 bits per heavy atom. The van der Waals surface area contributed by atoms with Gasteiger partial charge in [-0.2, -0.15) is 0 Å². The van der Waals surface area contributed by atoms with E-state index < -0.39 is 0 Å². The zero-order chi connectivity index (χ0) is 18.0. The van der Waals surface area contributed by atoms with Crippen LogP contribution in [0.15, 0.2) is 54.3 Å². The van der Waals surface area contributed by atoms with E-state index >= 15 is 0 Å². The van der Waals surface area contributed by atoms with Gasteiger partial charge in [0.05, 0.1) is 22.4 Å². The number of aromatic nitrogens is 2. The molecule has 0 atom stereocenters. The van der Waals surface area contributed by atoms with Crippen LogP contribution in [-0.4, -0.2) is 46.6 Å². The molecular formula is C20H26N6. The number of hydrogen-bond acceptors (Lipinski definition) is 6. The van der Waals surface area contributed by atoms with Crippen molar-refractivity contribution in [1.82, 2.24) is 30.8 Å². The van der Waals surface area contributed by atoms with Crippen molar-refractivity contribution in [3.8, 4) is 0 Å². The predicted molar refractivity (Wildman–Crippen MR) is 104 cm³/mol. The number of hydrogen-bond donors (Lipinski definition) is 3.